The molecule has 0 radical (unpaired) electrons. The van der Waals surface area contributed by atoms with Crippen LogP contribution in [0.1, 0.15) is 12.6 Å². The lowest BCUT2D eigenvalue weighted by atomic mass is 9.99. The summed E-state index contributed by atoms with van der Waals surface area (Å²) in [4.78, 5) is 17.2. The molecule has 2 heterocycles. The maximum Gasteiger partial charge on any atom is 0.244 e. The third-order valence-corrected chi connectivity index (χ3v) is 4.02. The summed E-state index contributed by atoms with van der Waals surface area (Å²) in [5, 5.41) is 0. The van der Waals surface area contributed by atoms with Gasteiger partial charge in [-0.25, -0.2) is 0 Å². The van der Waals surface area contributed by atoms with E-state index in [9.17, 15) is 4.79 Å². The fourth-order valence-electron chi connectivity index (χ4n) is 2.02. The van der Waals surface area contributed by atoms with Crippen molar-refractivity contribution in [2.24, 2.45) is 5.92 Å². The quantitative estimate of drug-likeness (QED) is 0.791. The van der Waals surface area contributed by atoms with Crippen molar-refractivity contribution in [3.8, 4) is 0 Å². The minimum atomic E-state index is -0.878. The Kier molecular flexibility index (Phi) is 3.59. The van der Waals surface area contributed by atoms with Gasteiger partial charge in [-0.2, -0.15) is 0 Å². The summed E-state index contributed by atoms with van der Waals surface area (Å²) in [6.45, 7) is 2.83. The van der Waals surface area contributed by atoms with Crippen LogP contribution in [0.15, 0.2) is 24.4 Å². The SMILES string of the molecule is CC1(Cl)C(=O)N(Cc2ccccn2)CC1CCl. The zero-order chi connectivity index (χ0) is 12.5. The number of rotatable bonds is 3. The molecule has 0 N–H and O–H groups in total. The molecule has 0 saturated carbocycles. The first-order valence-electron chi connectivity index (χ1n) is 5.50. The number of pyridine rings is 1. The average molecular weight is 273 g/mol. The Hall–Kier alpha value is -0.800. The van der Waals surface area contributed by atoms with Gasteiger partial charge in [0.15, 0.2) is 0 Å². The predicted octanol–water partition coefficient (Wildman–Crippen LogP) is 2.28. The Labute approximate surface area is 111 Å². The second-order valence-corrected chi connectivity index (χ2v) is 5.53. The van der Waals surface area contributed by atoms with Crippen LogP contribution < -0.4 is 0 Å². The average Bonchev–Trinajstić information content (AvgIpc) is 2.54. The van der Waals surface area contributed by atoms with E-state index in [1.807, 2.05) is 18.2 Å². The fraction of sp³-hybridized carbons (Fsp3) is 0.500. The molecule has 2 rings (SSSR count). The third-order valence-electron chi connectivity index (χ3n) is 3.18. The Morgan fingerprint density at radius 1 is 1.59 bits per heavy atom. The van der Waals surface area contributed by atoms with Crippen molar-refractivity contribution in [3.05, 3.63) is 30.1 Å². The zero-order valence-corrected chi connectivity index (χ0v) is 11.1. The van der Waals surface area contributed by atoms with E-state index in [2.05, 4.69) is 4.98 Å². The highest BCUT2D eigenvalue weighted by Crippen LogP contribution is 2.36. The summed E-state index contributed by atoms with van der Waals surface area (Å²) in [5.74, 6) is 0.322. The number of amides is 1. The summed E-state index contributed by atoms with van der Waals surface area (Å²) in [7, 11) is 0. The summed E-state index contributed by atoms with van der Waals surface area (Å²) < 4.78 is 0. The molecule has 17 heavy (non-hydrogen) atoms. The molecule has 0 aromatic carbocycles. The minimum absolute atomic E-state index is 0.0120. The normalized spacial score (nSPS) is 28.8. The van der Waals surface area contributed by atoms with Gasteiger partial charge in [0.2, 0.25) is 5.91 Å². The molecule has 2 unspecified atom stereocenters. The van der Waals surface area contributed by atoms with Crippen LogP contribution in [-0.2, 0) is 11.3 Å². The van der Waals surface area contributed by atoms with Crippen molar-refractivity contribution in [2.75, 3.05) is 12.4 Å². The smallest absolute Gasteiger partial charge is 0.244 e. The highest BCUT2D eigenvalue weighted by Gasteiger charge is 2.48. The molecule has 1 aliphatic rings. The number of carbonyl (C=O) groups excluding carboxylic acids is 1. The van der Waals surface area contributed by atoms with Gasteiger partial charge < -0.3 is 4.90 Å². The standard InChI is InChI=1S/C12H14Cl2N2O/c1-12(14)9(6-13)7-16(11(12)17)8-10-4-2-3-5-15-10/h2-5,9H,6-8H2,1H3. The van der Waals surface area contributed by atoms with Gasteiger partial charge in [0.25, 0.3) is 0 Å². The van der Waals surface area contributed by atoms with Crippen LogP contribution in [-0.4, -0.2) is 33.1 Å². The molecule has 0 spiro atoms. The fourth-order valence-corrected chi connectivity index (χ4v) is 2.77. The molecule has 1 aromatic heterocycles. The predicted molar refractivity (Wildman–Crippen MR) is 68.1 cm³/mol. The molecule has 1 aliphatic heterocycles. The third kappa shape index (κ3) is 2.40. The Morgan fingerprint density at radius 2 is 2.35 bits per heavy atom. The molecule has 0 bridgehead atoms. The molecular weight excluding hydrogens is 259 g/mol. The van der Waals surface area contributed by atoms with Gasteiger partial charge in [0.1, 0.15) is 4.87 Å². The van der Waals surface area contributed by atoms with Crippen molar-refractivity contribution in [2.45, 2.75) is 18.3 Å². The topological polar surface area (TPSA) is 33.2 Å². The van der Waals surface area contributed by atoms with E-state index in [0.717, 1.165) is 5.69 Å². The number of hydrogen-bond acceptors (Lipinski definition) is 2. The van der Waals surface area contributed by atoms with Crippen LogP contribution in [0.4, 0.5) is 0 Å². The minimum Gasteiger partial charge on any atom is -0.335 e. The van der Waals surface area contributed by atoms with E-state index in [1.165, 1.54) is 0 Å². The first-order valence-corrected chi connectivity index (χ1v) is 6.41. The lowest BCUT2D eigenvalue weighted by molar-refractivity contribution is -0.130. The van der Waals surface area contributed by atoms with Gasteiger partial charge in [0, 0.05) is 24.5 Å². The summed E-state index contributed by atoms with van der Waals surface area (Å²) in [6, 6.07) is 5.65. The highest BCUT2D eigenvalue weighted by atomic mass is 35.5. The monoisotopic (exact) mass is 272 g/mol. The Morgan fingerprint density at radius 3 is 2.88 bits per heavy atom. The molecule has 1 saturated heterocycles. The van der Waals surface area contributed by atoms with E-state index < -0.39 is 4.87 Å². The van der Waals surface area contributed by atoms with Gasteiger partial charge in [-0.15, -0.1) is 23.2 Å². The molecule has 92 valence electrons. The molecule has 1 amide bonds. The largest absolute Gasteiger partial charge is 0.335 e. The number of aromatic nitrogens is 1. The van der Waals surface area contributed by atoms with Crippen LogP contribution in [0.3, 0.4) is 0 Å². The van der Waals surface area contributed by atoms with Gasteiger partial charge in [-0.3, -0.25) is 9.78 Å². The molecule has 1 aromatic rings. The van der Waals surface area contributed by atoms with E-state index in [4.69, 9.17) is 23.2 Å². The van der Waals surface area contributed by atoms with Crippen LogP contribution in [0.2, 0.25) is 0 Å². The molecule has 0 aliphatic carbocycles. The molecule has 3 nitrogen and oxygen atoms in total. The van der Waals surface area contributed by atoms with Crippen LogP contribution in [0, 0.1) is 5.92 Å². The number of halogens is 2. The number of hydrogen-bond donors (Lipinski definition) is 0. The second-order valence-electron chi connectivity index (χ2n) is 4.43. The highest BCUT2D eigenvalue weighted by molar-refractivity contribution is 6.36. The van der Waals surface area contributed by atoms with Crippen molar-refractivity contribution < 1.29 is 4.79 Å². The van der Waals surface area contributed by atoms with Gasteiger partial charge in [-0.1, -0.05) is 6.07 Å². The van der Waals surface area contributed by atoms with Gasteiger partial charge >= 0.3 is 0 Å². The van der Waals surface area contributed by atoms with E-state index >= 15 is 0 Å². The maximum atomic E-state index is 12.1. The molecule has 1 fully saturated rings. The number of alkyl halides is 2. The van der Waals surface area contributed by atoms with Gasteiger partial charge in [0.05, 0.1) is 12.2 Å². The summed E-state index contributed by atoms with van der Waals surface area (Å²) in [5.41, 5.74) is 0.864. The van der Waals surface area contributed by atoms with Crippen molar-refractivity contribution in [1.82, 2.24) is 9.88 Å². The van der Waals surface area contributed by atoms with Crippen molar-refractivity contribution >= 4 is 29.1 Å². The Balaban J connectivity index is 2.12. The van der Waals surface area contributed by atoms with E-state index in [1.54, 1.807) is 18.0 Å². The van der Waals surface area contributed by atoms with E-state index in [-0.39, 0.29) is 11.8 Å². The molecular formula is C12H14Cl2N2O. The van der Waals surface area contributed by atoms with Gasteiger partial charge in [-0.05, 0) is 19.1 Å². The van der Waals surface area contributed by atoms with Crippen LogP contribution >= 0.6 is 23.2 Å². The first kappa shape index (κ1) is 12.7. The van der Waals surface area contributed by atoms with Crippen LogP contribution in [0.5, 0.6) is 0 Å². The Bertz CT molecular complexity index is 408. The first-order chi connectivity index (χ1) is 8.05. The lowest BCUT2D eigenvalue weighted by Crippen LogP contribution is -2.35. The lowest BCUT2D eigenvalue weighted by Gasteiger charge is -2.18. The number of likely N-dealkylation sites (tertiary alicyclic amines) is 1. The molecule has 2 atom stereocenters. The summed E-state index contributed by atoms with van der Waals surface area (Å²) >= 11 is 12.1. The van der Waals surface area contributed by atoms with Crippen molar-refractivity contribution in [1.29, 1.82) is 0 Å². The second kappa shape index (κ2) is 4.83. The van der Waals surface area contributed by atoms with Crippen LogP contribution in [0.25, 0.3) is 0 Å². The van der Waals surface area contributed by atoms with E-state index in [0.29, 0.717) is 19.0 Å². The zero-order valence-electron chi connectivity index (χ0n) is 9.57. The maximum absolute atomic E-state index is 12.1. The number of nitrogens with zero attached hydrogens (tertiary/aromatic N) is 2. The number of carbonyl (C=O) groups is 1. The molecule has 5 heteroatoms. The summed E-state index contributed by atoms with van der Waals surface area (Å²) in [6.07, 6.45) is 1.72. The van der Waals surface area contributed by atoms with Crippen molar-refractivity contribution in [3.63, 3.8) is 0 Å².